The number of hydrazine groups is 1. The number of rotatable bonds is 4. The third-order valence-electron chi connectivity index (χ3n) is 2.73. The molecule has 2 aromatic rings. The number of fused-ring (bicyclic) bond motifs is 1. The van der Waals surface area contributed by atoms with E-state index < -0.39 is 0 Å². The van der Waals surface area contributed by atoms with Crippen molar-refractivity contribution in [3.63, 3.8) is 0 Å². The molecule has 16 heavy (non-hydrogen) atoms. The highest BCUT2D eigenvalue weighted by Crippen LogP contribution is 2.23. The molecule has 0 amide bonds. The van der Waals surface area contributed by atoms with Crippen molar-refractivity contribution < 1.29 is 4.74 Å². The van der Waals surface area contributed by atoms with Crippen LogP contribution in [0, 0.1) is 0 Å². The van der Waals surface area contributed by atoms with Crippen molar-refractivity contribution in [3.8, 4) is 0 Å². The van der Waals surface area contributed by atoms with E-state index in [2.05, 4.69) is 29.7 Å². The fraction of sp³-hybridized carbons (Fsp3) is 0.231. The number of hydrogen-bond acceptors (Lipinski definition) is 3. The molecule has 3 nitrogen and oxygen atoms in total. The lowest BCUT2D eigenvalue weighted by molar-refractivity contribution is 0.168. The van der Waals surface area contributed by atoms with E-state index in [4.69, 9.17) is 10.6 Å². The van der Waals surface area contributed by atoms with Crippen molar-refractivity contribution in [2.45, 2.75) is 6.04 Å². The summed E-state index contributed by atoms with van der Waals surface area (Å²) in [5.74, 6) is 5.55. The van der Waals surface area contributed by atoms with Crippen LogP contribution < -0.4 is 11.3 Å². The molecule has 0 aliphatic heterocycles. The van der Waals surface area contributed by atoms with Gasteiger partial charge in [-0.1, -0.05) is 42.5 Å². The van der Waals surface area contributed by atoms with Gasteiger partial charge >= 0.3 is 0 Å². The number of methoxy groups -OCH3 is 1. The summed E-state index contributed by atoms with van der Waals surface area (Å²) in [6, 6.07) is 14.5. The maximum atomic E-state index is 5.55. The molecule has 0 spiro atoms. The fourth-order valence-electron chi connectivity index (χ4n) is 1.95. The Balaban J connectivity index is 2.50. The van der Waals surface area contributed by atoms with Crippen molar-refractivity contribution in [2.24, 2.45) is 5.84 Å². The monoisotopic (exact) mass is 216 g/mol. The maximum absolute atomic E-state index is 5.55. The summed E-state index contributed by atoms with van der Waals surface area (Å²) in [4.78, 5) is 0. The molecule has 0 aliphatic rings. The SMILES string of the molecule is COCC(NN)c1cccc2ccccc12. The van der Waals surface area contributed by atoms with Crippen molar-refractivity contribution in [3.05, 3.63) is 48.0 Å². The van der Waals surface area contributed by atoms with Gasteiger partial charge in [0.1, 0.15) is 0 Å². The summed E-state index contributed by atoms with van der Waals surface area (Å²) < 4.78 is 5.16. The average molecular weight is 216 g/mol. The van der Waals surface area contributed by atoms with Crippen LogP contribution in [0.3, 0.4) is 0 Å². The van der Waals surface area contributed by atoms with Gasteiger partial charge < -0.3 is 4.74 Å². The quantitative estimate of drug-likeness (QED) is 0.607. The van der Waals surface area contributed by atoms with E-state index in [1.165, 1.54) is 16.3 Å². The van der Waals surface area contributed by atoms with Crippen LogP contribution in [0.4, 0.5) is 0 Å². The summed E-state index contributed by atoms with van der Waals surface area (Å²) in [7, 11) is 1.68. The first-order valence-electron chi connectivity index (χ1n) is 5.29. The first-order valence-corrected chi connectivity index (χ1v) is 5.29. The highest BCUT2D eigenvalue weighted by molar-refractivity contribution is 5.86. The lowest BCUT2D eigenvalue weighted by Gasteiger charge is -2.17. The molecule has 0 aliphatic carbocycles. The second kappa shape index (κ2) is 5.07. The average Bonchev–Trinajstić information content (AvgIpc) is 2.35. The second-order valence-corrected chi connectivity index (χ2v) is 3.74. The standard InChI is InChI=1S/C13H16N2O/c1-16-9-13(15-14)12-8-4-6-10-5-2-3-7-11(10)12/h2-8,13,15H,9,14H2,1H3. The number of nitrogens with two attached hydrogens (primary N) is 1. The van der Waals surface area contributed by atoms with Gasteiger partial charge in [-0.2, -0.15) is 0 Å². The third-order valence-corrected chi connectivity index (χ3v) is 2.73. The fourth-order valence-corrected chi connectivity index (χ4v) is 1.95. The van der Waals surface area contributed by atoms with Crippen LogP contribution in [0.25, 0.3) is 10.8 Å². The molecule has 0 saturated heterocycles. The zero-order valence-electron chi connectivity index (χ0n) is 9.31. The first-order chi connectivity index (χ1) is 7.86. The van der Waals surface area contributed by atoms with Crippen molar-refractivity contribution in [1.82, 2.24) is 5.43 Å². The molecule has 0 fully saturated rings. The summed E-state index contributed by atoms with van der Waals surface area (Å²) >= 11 is 0. The molecule has 0 saturated carbocycles. The number of nitrogens with one attached hydrogen (secondary N) is 1. The summed E-state index contributed by atoms with van der Waals surface area (Å²) in [5, 5.41) is 2.43. The topological polar surface area (TPSA) is 47.3 Å². The second-order valence-electron chi connectivity index (χ2n) is 3.74. The van der Waals surface area contributed by atoms with Crippen LogP contribution in [0.15, 0.2) is 42.5 Å². The van der Waals surface area contributed by atoms with Crippen LogP contribution in [0.5, 0.6) is 0 Å². The Morgan fingerprint density at radius 2 is 1.94 bits per heavy atom. The van der Waals surface area contributed by atoms with E-state index in [-0.39, 0.29) is 6.04 Å². The Kier molecular flexibility index (Phi) is 3.51. The van der Waals surface area contributed by atoms with Gasteiger partial charge in [0.25, 0.3) is 0 Å². The van der Waals surface area contributed by atoms with E-state index in [9.17, 15) is 0 Å². The normalized spacial score (nSPS) is 12.9. The molecular formula is C13H16N2O. The molecule has 0 bridgehead atoms. The summed E-state index contributed by atoms with van der Waals surface area (Å²) in [6.07, 6.45) is 0. The molecule has 0 radical (unpaired) electrons. The number of hydrogen-bond donors (Lipinski definition) is 2. The van der Waals surface area contributed by atoms with E-state index in [1.807, 2.05) is 18.2 Å². The molecule has 3 heteroatoms. The van der Waals surface area contributed by atoms with Gasteiger partial charge in [0, 0.05) is 7.11 Å². The smallest absolute Gasteiger partial charge is 0.0699 e. The van der Waals surface area contributed by atoms with Crippen molar-refractivity contribution in [1.29, 1.82) is 0 Å². The summed E-state index contributed by atoms with van der Waals surface area (Å²) in [6.45, 7) is 0.560. The minimum Gasteiger partial charge on any atom is -0.383 e. The predicted octanol–water partition coefficient (Wildman–Crippen LogP) is 1.99. The van der Waals surface area contributed by atoms with Gasteiger partial charge in [-0.25, -0.2) is 0 Å². The molecule has 2 rings (SSSR count). The third kappa shape index (κ3) is 2.07. The first kappa shape index (κ1) is 11.1. The largest absolute Gasteiger partial charge is 0.383 e. The minimum absolute atomic E-state index is 0.0242. The molecule has 84 valence electrons. The highest BCUT2D eigenvalue weighted by Gasteiger charge is 2.11. The Bertz CT molecular complexity index is 465. The molecule has 0 aromatic heterocycles. The molecule has 0 heterocycles. The van der Waals surface area contributed by atoms with Gasteiger partial charge in [-0.05, 0) is 16.3 Å². The van der Waals surface area contributed by atoms with E-state index in [0.717, 1.165) is 0 Å². The van der Waals surface area contributed by atoms with E-state index in [0.29, 0.717) is 6.61 Å². The summed E-state index contributed by atoms with van der Waals surface area (Å²) in [5.41, 5.74) is 3.96. The van der Waals surface area contributed by atoms with Crippen LogP contribution in [-0.2, 0) is 4.74 Å². The van der Waals surface area contributed by atoms with Gasteiger partial charge in [-0.3, -0.25) is 11.3 Å². The lowest BCUT2D eigenvalue weighted by Crippen LogP contribution is -2.31. The zero-order chi connectivity index (χ0) is 11.4. The molecule has 2 aromatic carbocycles. The van der Waals surface area contributed by atoms with E-state index in [1.54, 1.807) is 7.11 Å². The zero-order valence-corrected chi connectivity index (χ0v) is 9.31. The molecular weight excluding hydrogens is 200 g/mol. The van der Waals surface area contributed by atoms with Crippen LogP contribution >= 0.6 is 0 Å². The maximum Gasteiger partial charge on any atom is 0.0699 e. The number of benzene rings is 2. The Morgan fingerprint density at radius 1 is 1.19 bits per heavy atom. The molecule has 1 atom stereocenters. The van der Waals surface area contributed by atoms with Crippen LogP contribution in [0.1, 0.15) is 11.6 Å². The Labute approximate surface area is 95.2 Å². The van der Waals surface area contributed by atoms with E-state index >= 15 is 0 Å². The lowest BCUT2D eigenvalue weighted by atomic mass is 9.99. The van der Waals surface area contributed by atoms with Crippen molar-refractivity contribution in [2.75, 3.05) is 13.7 Å². The highest BCUT2D eigenvalue weighted by atomic mass is 16.5. The van der Waals surface area contributed by atoms with Crippen LogP contribution in [-0.4, -0.2) is 13.7 Å². The number of ether oxygens (including phenoxy) is 1. The van der Waals surface area contributed by atoms with Gasteiger partial charge in [0.2, 0.25) is 0 Å². The van der Waals surface area contributed by atoms with Gasteiger partial charge in [0.05, 0.1) is 12.6 Å². The van der Waals surface area contributed by atoms with Gasteiger partial charge in [0.15, 0.2) is 0 Å². The van der Waals surface area contributed by atoms with Crippen LogP contribution in [0.2, 0.25) is 0 Å². The molecule has 3 N–H and O–H groups in total. The van der Waals surface area contributed by atoms with Crippen molar-refractivity contribution >= 4 is 10.8 Å². The minimum atomic E-state index is 0.0242. The van der Waals surface area contributed by atoms with Gasteiger partial charge in [-0.15, -0.1) is 0 Å². The Morgan fingerprint density at radius 3 is 2.69 bits per heavy atom. The molecule has 1 unspecified atom stereocenters. The predicted molar refractivity (Wildman–Crippen MR) is 65.9 cm³/mol. The Hall–Kier alpha value is -1.42.